The highest BCUT2D eigenvalue weighted by Crippen LogP contribution is 2.41. The summed E-state index contributed by atoms with van der Waals surface area (Å²) in [5.41, 5.74) is 4.03. The molecule has 4 rings (SSSR count). The Balaban J connectivity index is 1.59. The van der Waals surface area contributed by atoms with Crippen LogP contribution in [0.15, 0.2) is 54.9 Å². The number of amides is 1. The fourth-order valence-electron chi connectivity index (χ4n) is 3.67. The van der Waals surface area contributed by atoms with Gasteiger partial charge in [-0.25, -0.2) is 4.68 Å². The van der Waals surface area contributed by atoms with Crippen LogP contribution in [-0.4, -0.2) is 26.1 Å². The molecule has 1 aromatic heterocycles. The minimum absolute atomic E-state index is 0.0309. The Morgan fingerprint density at radius 2 is 2.04 bits per heavy atom. The van der Waals surface area contributed by atoms with Crippen LogP contribution in [0.2, 0.25) is 0 Å². The largest absolute Gasteiger partial charge is 0.345 e. The Kier molecular flexibility index (Phi) is 4.03. The van der Waals surface area contributed by atoms with E-state index < -0.39 is 0 Å². The van der Waals surface area contributed by atoms with Crippen molar-refractivity contribution < 1.29 is 4.79 Å². The highest BCUT2D eigenvalue weighted by molar-refractivity contribution is 5.95. The van der Waals surface area contributed by atoms with Crippen molar-refractivity contribution in [2.75, 3.05) is 0 Å². The maximum Gasteiger partial charge on any atom is 0.251 e. The average molecular weight is 347 g/mol. The number of nitrogens with one attached hydrogen (secondary N) is 1. The highest BCUT2D eigenvalue weighted by atomic mass is 16.1. The van der Waals surface area contributed by atoms with Crippen LogP contribution in [0, 0.1) is 0 Å². The summed E-state index contributed by atoms with van der Waals surface area (Å²) in [7, 11) is 0. The lowest BCUT2D eigenvalue weighted by molar-refractivity contribution is 0.0929. The maximum absolute atomic E-state index is 12.8. The third kappa shape index (κ3) is 2.98. The van der Waals surface area contributed by atoms with Crippen LogP contribution in [0.5, 0.6) is 0 Å². The molecule has 0 radical (unpaired) electrons. The molecule has 1 heterocycles. The molecule has 0 aliphatic heterocycles. The number of rotatable bonds is 3. The van der Waals surface area contributed by atoms with Gasteiger partial charge < -0.3 is 5.32 Å². The monoisotopic (exact) mass is 347 g/mol. The molecule has 1 aliphatic carbocycles. The molecule has 0 spiro atoms. The summed E-state index contributed by atoms with van der Waals surface area (Å²) in [5, 5.41) is 14.3. The molecule has 0 fully saturated rings. The highest BCUT2D eigenvalue weighted by Gasteiger charge is 2.33. The van der Waals surface area contributed by atoms with Gasteiger partial charge in [0.1, 0.15) is 6.33 Å². The van der Waals surface area contributed by atoms with E-state index in [1.165, 1.54) is 22.1 Å². The first-order valence-corrected chi connectivity index (χ1v) is 8.78. The van der Waals surface area contributed by atoms with Gasteiger partial charge in [0.2, 0.25) is 0 Å². The van der Waals surface area contributed by atoms with Gasteiger partial charge in [-0.05, 0) is 58.0 Å². The van der Waals surface area contributed by atoms with Gasteiger partial charge >= 0.3 is 0 Å². The number of nitrogens with zero attached hydrogens (tertiary/aromatic N) is 4. The van der Waals surface area contributed by atoms with E-state index >= 15 is 0 Å². The molecule has 0 unspecified atom stereocenters. The number of benzene rings is 2. The summed E-state index contributed by atoms with van der Waals surface area (Å²) >= 11 is 0. The molecule has 26 heavy (non-hydrogen) atoms. The average Bonchev–Trinajstić information content (AvgIpc) is 3.19. The van der Waals surface area contributed by atoms with E-state index in [-0.39, 0.29) is 17.4 Å². The first-order valence-electron chi connectivity index (χ1n) is 8.78. The van der Waals surface area contributed by atoms with Crippen LogP contribution >= 0.6 is 0 Å². The van der Waals surface area contributed by atoms with E-state index in [1.807, 2.05) is 24.3 Å². The minimum Gasteiger partial charge on any atom is -0.345 e. The normalized spacial score (nSPS) is 18.2. The number of hydrogen-bond donors (Lipinski definition) is 1. The van der Waals surface area contributed by atoms with Crippen LogP contribution in [0.3, 0.4) is 0 Å². The van der Waals surface area contributed by atoms with Crippen molar-refractivity contribution >= 4 is 5.91 Å². The molecular formula is C20H21N5O. The summed E-state index contributed by atoms with van der Waals surface area (Å²) in [4.78, 5) is 12.8. The number of hydrogen-bond acceptors (Lipinski definition) is 4. The van der Waals surface area contributed by atoms with Crippen LogP contribution in [0.25, 0.3) is 5.69 Å². The van der Waals surface area contributed by atoms with Gasteiger partial charge in [0.15, 0.2) is 0 Å². The molecule has 0 bridgehead atoms. The van der Waals surface area contributed by atoms with Gasteiger partial charge in [0, 0.05) is 5.56 Å². The van der Waals surface area contributed by atoms with Crippen molar-refractivity contribution in [2.24, 2.45) is 0 Å². The molecule has 3 aromatic rings. The lowest BCUT2D eigenvalue weighted by Crippen LogP contribution is -2.35. The fraction of sp³-hybridized carbons (Fsp3) is 0.300. The molecule has 1 aliphatic rings. The van der Waals surface area contributed by atoms with E-state index in [4.69, 9.17) is 0 Å². The van der Waals surface area contributed by atoms with Crippen molar-refractivity contribution in [3.8, 4) is 5.69 Å². The topological polar surface area (TPSA) is 72.7 Å². The van der Waals surface area contributed by atoms with Gasteiger partial charge in [-0.2, -0.15) is 0 Å². The molecule has 132 valence electrons. The Morgan fingerprint density at radius 1 is 1.19 bits per heavy atom. The Morgan fingerprint density at radius 3 is 2.85 bits per heavy atom. The van der Waals surface area contributed by atoms with E-state index in [0.717, 1.165) is 18.5 Å². The van der Waals surface area contributed by atoms with Gasteiger partial charge in [-0.15, -0.1) is 5.10 Å². The SMILES string of the molecule is CC1(C)CC[C@H](NC(=O)c2cccc(-n3cnnn3)c2)c2ccccc21. The zero-order valence-corrected chi connectivity index (χ0v) is 14.9. The van der Waals surface area contributed by atoms with Crippen LogP contribution in [0.4, 0.5) is 0 Å². The second-order valence-corrected chi connectivity index (χ2v) is 7.34. The smallest absolute Gasteiger partial charge is 0.251 e. The summed E-state index contributed by atoms with van der Waals surface area (Å²) in [5.74, 6) is -0.0839. The standard InChI is InChI=1S/C20H21N5O/c1-20(2)11-10-18(16-8-3-4-9-17(16)20)22-19(26)14-6-5-7-15(12-14)25-13-21-23-24-25/h3-9,12-13,18H,10-11H2,1-2H3,(H,22,26)/t18-/m0/s1. The fourth-order valence-corrected chi connectivity index (χ4v) is 3.67. The lowest BCUT2D eigenvalue weighted by Gasteiger charge is -2.37. The number of carbonyl (C=O) groups is 1. The van der Waals surface area contributed by atoms with Crippen molar-refractivity contribution in [2.45, 2.75) is 38.1 Å². The molecule has 6 nitrogen and oxygen atoms in total. The quantitative estimate of drug-likeness (QED) is 0.790. The third-order valence-electron chi connectivity index (χ3n) is 5.15. The predicted molar refractivity (Wildman–Crippen MR) is 98.1 cm³/mol. The van der Waals surface area contributed by atoms with E-state index in [0.29, 0.717) is 5.56 Å². The zero-order chi connectivity index (χ0) is 18.1. The summed E-state index contributed by atoms with van der Waals surface area (Å²) in [6.45, 7) is 4.53. The van der Waals surface area contributed by atoms with Crippen LogP contribution in [-0.2, 0) is 5.41 Å². The van der Waals surface area contributed by atoms with E-state index in [1.54, 1.807) is 6.07 Å². The molecule has 2 aromatic carbocycles. The Labute approximate surface area is 152 Å². The molecule has 1 amide bonds. The Hall–Kier alpha value is -3.02. The first kappa shape index (κ1) is 16.4. The van der Waals surface area contributed by atoms with Crippen molar-refractivity contribution in [3.05, 3.63) is 71.5 Å². The van der Waals surface area contributed by atoms with E-state index in [2.05, 4.69) is 52.9 Å². The molecule has 6 heteroatoms. The summed E-state index contributed by atoms with van der Waals surface area (Å²) in [6.07, 6.45) is 3.48. The lowest BCUT2D eigenvalue weighted by atomic mass is 9.71. The Bertz CT molecular complexity index is 933. The first-order chi connectivity index (χ1) is 12.5. The van der Waals surface area contributed by atoms with Crippen molar-refractivity contribution in [1.29, 1.82) is 0 Å². The van der Waals surface area contributed by atoms with Crippen molar-refractivity contribution in [1.82, 2.24) is 25.5 Å². The second kappa shape index (κ2) is 6.37. The van der Waals surface area contributed by atoms with Gasteiger partial charge in [-0.1, -0.05) is 44.2 Å². The number of carbonyl (C=O) groups excluding carboxylic acids is 1. The van der Waals surface area contributed by atoms with Crippen LogP contribution in [0.1, 0.15) is 54.2 Å². The molecule has 0 saturated heterocycles. The number of tetrazole rings is 1. The zero-order valence-electron chi connectivity index (χ0n) is 14.9. The molecular weight excluding hydrogens is 326 g/mol. The van der Waals surface area contributed by atoms with Gasteiger partial charge in [0.25, 0.3) is 5.91 Å². The summed E-state index contributed by atoms with van der Waals surface area (Å²) < 4.78 is 1.54. The van der Waals surface area contributed by atoms with Gasteiger partial charge in [0.05, 0.1) is 11.7 Å². The maximum atomic E-state index is 12.8. The minimum atomic E-state index is -0.0839. The molecule has 1 atom stereocenters. The van der Waals surface area contributed by atoms with E-state index in [9.17, 15) is 4.79 Å². The van der Waals surface area contributed by atoms with Gasteiger partial charge in [-0.3, -0.25) is 4.79 Å². The second-order valence-electron chi connectivity index (χ2n) is 7.34. The molecule has 0 saturated carbocycles. The number of fused-ring (bicyclic) bond motifs is 1. The van der Waals surface area contributed by atoms with Crippen molar-refractivity contribution in [3.63, 3.8) is 0 Å². The third-order valence-corrected chi connectivity index (χ3v) is 5.15. The summed E-state index contributed by atoms with van der Waals surface area (Å²) in [6, 6.07) is 15.7. The predicted octanol–water partition coefficient (Wildman–Crippen LogP) is 3.20. The molecule has 1 N–H and O–H groups in total. The van der Waals surface area contributed by atoms with Crippen LogP contribution < -0.4 is 5.32 Å². The number of aromatic nitrogens is 4.